The highest BCUT2D eigenvalue weighted by atomic mass is 32.2. The molecule has 3 heteroatoms. The highest BCUT2D eigenvalue weighted by molar-refractivity contribution is 7.98. The molecule has 0 fully saturated rings. The molecule has 0 heterocycles. The summed E-state index contributed by atoms with van der Waals surface area (Å²) in [5.74, 6) is 1.85. The Kier molecular flexibility index (Phi) is 5.73. The van der Waals surface area contributed by atoms with E-state index in [9.17, 15) is 4.39 Å². The molecule has 0 saturated carbocycles. The lowest BCUT2D eigenvalue weighted by atomic mass is 10.1. The lowest BCUT2D eigenvalue weighted by molar-refractivity contribution is 0.624. The van der Waals surface area contributed by atoms with E-state index in [1.165, 1.54) is 18.9 Å². The molecule has 1 rings (SSSR count). The van der Waals surface area contributed by atoms with Crippen LogP contribution in [0.4, 0.5) is 4.39 Å². The second-order valence-corrected chi connectivity index (χ2v) is 4.68. The summed E-state index contributed by atoms with van der Waals surface area (Å²) in [4.78, 5) is 0. The number of hydrogen-bond acceptors (Lipinski definition) is 2. The zero-order valence-electron chi connectivity index (χ0n) is 9.13. The molecular formula is C12H18FNS. The van der Waals surface area contributed by atoms with Crippen LogP contribution in [0.1, 0.15) is 30.9 Å². The smallest absolute Gasteiger partial charge is 0.123 e. The molecule has 0 radical (unpaired) electrons. The van der Waals surface area contributed by atoms with Gasteiger partial charge in [0.25, 0.3) is 0 Å². The number of benzene rings is 1. The molecule has 15 heavy (non-hydrogen) atoms. The van der Waals surface area contributed by atoms with E-state index in [0.29, 0.717) is 6.54 Å². The van der Waals surface area contributed by atoms with Crippen molar-refractivity contribution >= 4 is 11.8 Å². The molecule has 0 saturated heterocycles. The lowest BCUT2D eigenvalue weighted by Gasteiger charge is -2.04. The Morgan fingerprint density at radius 3 is 2.67 bits per heavy atom. The Balaban J connectivity index is 2.49. The quantitative estimate of drug-likeness (QED) is 0.754. The number of halogens is 1. The molecule has 84 valence electrons. The summed E-state index contributed by atoms with van der Waals surface area (Å²) in [6.07, 6.45) is 2.44. The molecule has 0 amide bonds. The van der Waals surface area contributed by atoms with E-state index in [4.69, 9.17) is 5.73 Å². The Morgan fingerprint density at radius 1 is 1.27 bits per heavy atom. The average Bonchev–Trinajstić information content (AvgIpc) is 2.23. The zero-order chi connectivity index (χ0) is 11.1. The minimum atomic E-state index is -0.177. The second-order valence-electron chi connectivity index (χ2n) is 3.58. The SMILES string of the molecule is CCCCSCc1cc(F)cc(CN)c1. The summed E-state index contributed by atoms with van der Waals surface area (Å²) in [6, 6.07) is 5.08. The van der Waals surface area contributed by atoms with Gasteiger partial charge in [-0.15, -0.1) is 0 Å². The molecule has 1 nitrogen and oxygen atoms in total. The van der Waals surface area contributed by atoms with Gasteiger partial charge in [0.2, 0.25) is 0 Å². The van der Waals surface area contributed by atoms with Gasteiger partial charge >= 0.3 is 0 Å². The van der Waals surface area contributed by atoms with Gasteiger partial charge in [0.15, 0.2) is 0 Å². The van der Waals surface area contributed by atoms with Crippen molar-refractivity contribution in [2.24, 2.45) is 5.73 Å². The van der Waals surface area contributed by atoms with Crippen LogP contribution in [0.2, 0.25) is 0 Å². The number of unbranched alkanes of at least 4 members (excludes halogenated alkanes) is 1. The van der Waals surface area contributed by atoms with Crippen LogP contribution in [-0.2, 0) is 12.3 Å². The van der Waals surface area contributed by atoms with Gasteiger partial charge in [0.05, 0.1) is 0 Å². The highest BCUT2D eigenvalue weighted by Crippen LogP contribution is 2.16. The van der Waals surface area contributed by atoms with Crippen molar-refractivity contribution in [2.75, 3.05) is 5.75 Å². The van der Waals surface area contributed by atoms with E-state index >= 15 is 0 Å². The largest absolute Gasteiger partial charge is 0.326 e. The topological polar surface area (TPSA) is 26.0 Å². The van der Waals surface area contributed by atoms with Crippen molar-refractivity contribution in [2.45, 2.75) is 32.1 Å². The fraction of sp³-hybridized carbons (Fsp3) is 0.500. The summed E-state index contributed by atoms with van der Waals surface area (Å²) >= 11 is 1.85. The zero-order valence-corrected chi connectivity index (χ0v) is 9.95. The predicted molar refractivity (Wildman–Crippen MR) is 65.4 cm³/mol. The number of thioether (sulfide) groups is 1. The van der Waals surface area contributed by atoms with Gasteiger partial charge in [-0.25, -0.2) is 4.39 Å². The molecule has 0 atom stereocenters. The standard InChI is InChI=1S/C12H18FNS/c1-2-3-4-15-9-11-5-10(8-14)6-12(13)7-11/h5-7H,2-4,8-9,14H2,1H3. The van der Waals surface area contributed by atoms with Crippen LogP contribution in [0.3, 0.4) is 0 Å². The van der Waals surface area contributed by atoms with Crippen LogP contribution in [-0.4, -0.2) is 5.75 Å². The van der Waals surface area contributed by atoms with Gasteiger partial charge in [-0.2, -0.15) is 11.8 Å². The Morgan fingerprint density at radius 2 is 2.00 bits per heavy atom. The molecular weight excluding hydrogens is 209 g/mol. The van der Waals surface area contributed by atoms with E-state index in [1.54, 1.807) is 6.07 Å². The van der Waals surface area contributed by atoms with E-state index < -0.39 is 0 Å². The van der Waals surface area contributed by atoms with Gasteiger partial charge in [0.1, 0.15) is 5.82 Å². The Labute approximate surface area is 95.2 Å². The van der Waals surface area contributed by atoms with Crippen LogP contribution >= 0.6 is 11.8 Å². The number of rotatable bonds is 6. The van der Waals surface area contributed by atoms with Crippen LogP contribution < -0.4 is 5.73 Å². The van der Waals surface area contributed by atoms with Crippen molar-refractivity contribution in [3.8, 4) is 0 Å². The van der Waals surface area contributed by atoms with Gasteiger partial charge < -0.3 is 5.73 Å². The van der Waals surface area contributed by atoms with Crippen LogP contribution in [0, 0.1) is 5.82 Å². The van der Waals surface area contributed by atoms with Gasteiger partial charge in [0, 0.05) is 12.3 Å². The average molecular weight is 227 g/mol. The van der Waals surface area contributed by atoms with Crippen molar-refractivity contribution in [1.82, 2.24) is 0 Å². The Bertz CT molecular complexity index is 302. The first-order valence-electron chi connectivity index (χ1n) is 5.32. The first-order chi connectivity index (χ1) is 7.26. The summed E-state index contributed by atoms with van der Waals surface area (Å²) in [7, 11) is 0. The van der Waals surface area contributed by atoms with E-state index in [2.05, 4.69) is 6.92 Å². The Hall–Kier alpha value is -0.540. The third kappa shape index (κ3) is 4.67. The first kappa shape index (κ1) is 12.5. The van der Waals surface area contributed by atoms with Crippen LogP contribution in [0.15, 0.2) is 18.2 Å². The molecule has 2 N–H and O–H groups in total. The van der Waals surface area contributed by atoms with Crippen LogP contribution in [0.25, 0.3) is 0 Å². The monoisotopic (exact) mass is 227 g/mol. The molecule has 0 aromatic heterocycles. The molecule has 0 bridgehead atoms. The summed E-state index contributed by atoms with van der Waals surface area (Å²) in [6.45, 7) is 2.58. The van der Waals surface area contributed by atoms with E-state index in [1.807, 2.05) is 17.8 Å². The van der Waals surface area contributed by atoms with Crippen molar-refractivity contribution < 1.29 is 4.39 Å². The normalized spacial score (nSPS) is 10.6. The maximum Gasteiger partial charge on any atom is 0.123 e. The third-order valence-electron chi connectivity index (χ3n) is 2.16. The molecule has 0 unspecified atom stereocenters. The third-order valence-corrected chi connectivity index (χ3v) is 3.28. The second kappa shape index (κ2) is 6.85. The van der Waals surface area contributed by atoms with E-state index in [-0.39, 0.29) is 5.82 Å². The minimum absolute atomic E-state index is 0.177. The van der Waals surface area contributed by atoms with Crippen LogP contribution in [0.5, 0.6) is 0 Å². The predicted octanol–water partition coefficient (Wildman–Crippen LogP) is 3.32. The fourth-order valence-electron chi connectivity index (χ4n) is 1.35. The van der Waals surface area contributed by atoms with Gasteiger partial charge in [-0.1, -0.05) is 19.4 Å². The number of nitrogens with two attached hydrogens (primary N) is 1. The first-order valence-corrected chi connectivity index (χ1v) is 6.48. The highest BCUT2D eigenvalue weighted by Gasteiger charge is 2.00. The van der Waals surface area contributed by atoms with Gasteiger partial charge in [-0.3, -0.25) is 0 Å². The van der Waals surface area contributed by atoms with E-state index in [0.717, 1.165) is 22.6 Å². The maximum atomic E-state index is 13.1. The van der Waals surface area contributed by atoms with Gasteiger partial charge in [-0.05, 0) is 35.4 Å². The summed E-state index contributed by atoms with van der Waals surface area (Å²) in [5, 5.41) is 0. The molecule has 1 aromatic carbocycles. The summed E-state index contributed by atoms with van der Waals surface area (Å²) in [5.41, 5.74) is 7.40. The minimum Gasteiger partial charge on any atom is -0.326 e. The molecule has 1 aromatic rings. The molecule has 0 spiro atoms. The van der Waals surface area contributed by atoms with Crippen molar-refractivity contribution in [1.29, 1.82) is 0 Å². The molecule has 0 aliphatic carbocycles. The lowest BCUT2D eigenvalue weighted by Crippen LogP contribution is -1.98. The molecule has 0 aliphatic heterocycles. The number of hydrogen-bond donors (Lipinski definition) is 1. The summed E-state index contributed by atoms with van der Waals surface area (Å²) < 4.78 is 13.1. The maximum absolute atomic E-state index is 13.1. The van der Waals surface area contributed by atoms with Crippen molar-refractivity contribution in [3.63, 3.8) is 0 Å². The molecule has 0 aliphatic rings. The van der Waals surface area contributed by atoms with Crippen molar-refractivity contribution in [3.05, 3.63) is 35.1 Å². The fourth-order valence-corrected chi connectivity index (χ4v) is 2.39.